The molecule has 2 heterocycles. The third kappa shape index (κ3) is 3.71. The van der Waals surface area contributed by atoms with Crippen LogP contribution in [0.1, 0.15) is 15.9 Å². The molecule has 3 rings (SSSR count). The Morgan fingerprint density at radius 1 is 1.12 bits per heavy atom. The summed E-state index contributed by atoms with van der Waals surface area (Å²) in [5, 5.41) is 0. The van der Waals surface area contributed by atoms with E-state index in [1.165, 1.54) is 22.8 Å². The van der Waals surface area contributed by atoms with Crippen molar-refractivity contribution < 1.29 is 9.18 Å². The van der Waals surface area contributed by atoms with Crippen LogP contribution in [0.5, 0.6) is 0 Å². The van der Waals surface area contributed by atoms with Crippen LogP contribution >= 0.6 is 0 Å². The van der Waals surface area contributed by atoms with Gasteiger partial charge in [0.05, 0.1) is 0 Å². The van der Waals surface area contributed by atoms with Crippen molar-refractivity contribution in [3.8, 4) is 0 Å². The average Bonchev–Trinajstić information content (AvgIpc) is 2.57. The number of piperazine rings is 1. The minimum Gasteiger partial charge on any atom is -0.336 e. The number of pyridine rings is 1. The molecule has 0 radical (unpaired) electrons. The lowest BCUT2D eigenvalue weighted by atomic mass is 10.1. The second-order valence-corrected chi connectivity index (χ2v) is 6.06. The highest BCUT2D eigenvalue weighted by Gasteiger charge is 2.22. The number of rotatable bonds is 3. The molecule has 5 nitrogen and oxygen atoms in total. The number of amides is 1. The molecule has 1 aliphatic heterocycles. The van der Waals surface area contributed by atoms with Gasteiger partial charge >= 0.3 is 0 Å². The van der Waals surface area contributed by atoms with Gasteiger partial charge in [-0.2, -0.15) is 0 Å². The Morgan fingerprint density at radius 2 is 1.88 bits per heavy atom. The zero-order valence-electron chi connectivity index (χ0n) is 13.6. The van der Waals surface area contributed by atoms with Gasteiger partial charge in [0.15, 0.2) is 0 Å². The number of hydrogen-bond donors (Lipinski definition) is 0. The number of carbonyl (C=O) groups excluding carboxylic acids is 1. The lowest BCUT2D eigenvalue weighted by Gasteiger charge is -2.34. The van der Waals surface area contributed by atoms with Crippen LogP contribution in [-0.2, 0) is 13.6 Å². The zero-order valence-corrected chi connectivity index (χ0v) is 13.6. The van der Waals surface area contributed by atoms with Gasteiger partial charge in [0.1, 0.15) is 5.82 Å². The number of carbonyl (C=O) groups is 1. The molecule has 0 saturated carbocycles. The normalized spacial score (nSPS) is 15.5. The van der Waals surface area contributed by atoms with Crippen LogP contribution in [-0.4, -0.2) is 46.5 Å². The fraction of sp³-hybridized carbons (Fsp3) is 0.333. The van der Waals surface area contributed by atoms with Crippen molar-refractivity contribution in [1.82, 2.24) is 14.4 Å². The molecule has 1 aliphatic rings. The largest absolute Gasteiger partial charge is 0.336 e. The summed E-state index contributed by atoms with van der Waals surface area (Å²) in [6.07, 6.45) is 1.61. The molecule has 1 saturated heterocycles. The maximum absolute atomic E-state index is 13.2. The van der Waals surface area contributed by atoms with Crippen LogP contribution in [0.3, 0.4) is 0 Å². The van der Waals surface area contributed by atoms with Crippen LogP contribution in [0.2, 0.25) is 0 Å². The first-order valence-corrected chi connectivity index (χ1v) is 7.96. The summed E-state index contributed by atoms with van der Waals surface area (Å²) in [6, 6.07) is 9.63. The zero-order chi connectivity index (χ0) is 17.1. The first-order chi connectivity index (χ1) is 11.5. The summed E-state index contributed by atoms with van der Waals surface area (Å²) in [5.74, 6) is -0.343. The Balaban J connectivity index is 1.59. The van der Waals surface area contributed by atoms with E-state index in [2.05, 4.69) is 4.90 Å². The van der Waals surface area contributed by atoms with Crippen molar-refractivity contribution in [2.45, 2.75) is 6.54 Å². The Labute approximate surface area is 139 Å². The van der Waals surface area contributed by atoms with E-state index in [0.717, 1.165) is 18.7 Å². The number of hydrogen-bond acceptors (Lipinski definition) is 3. The van der Waals surface area contributed by atoms with Gasteiger partial charge < -0.3 is 9.47 Å². The molecule has 0 aliphatic carbocycles. The molecular weight excluding hydrogens is 309 g/mol. The van der Waals surface area contributed by atoms with Crippen LogP contribution in [0.25, 0.3) is 0 Å². The lowest BCUT2D eigenvalue weighted by Crippen LogP contribution is -2.48. The fourth-order valence-electron chi connectivity index (χ4n) is 2.87. The number of halogens is 1. The van der Waals surface area contributed by atoms with Crippen LogP contribution in [0, 0.1) is 5.82 Å². The smallest absolute Gasteiger partial charge is 0.254 e. The number of benzene rings is 1. The maximum Gasteiger partial charge on any atom is 0.254 e. The molecule has 0 bridgehead atoms. The molecule has 0 atom stereocenters. The average molecular weight is 329 g/mol. The molecule has 1 amide bonds. The molecule has 6 heteroatoms. The summed E-state index contributed by atoms with van der Waals surface area (Å²) in [4.78, 5) is 28.1. The van der Waals surface area contributed by atoms with Crippen molar-refractivity contribution >= 4 is 5.91 Å². The molecule has 24 heavy (non-hydrogen) atoms. The predicted octanol–water partition coefficient (Wildman–Crippen LogP) is 1.48. The summed E-state index contributed by atoms with van der Waals surface area (Å²) >= 11 is 0. The van der Waals surface area contributed by atoms with Crippen molar-refractivity contribution in [3.63, 3.8) is 0 Å². The van der Waals surface area contributed by atoms with Gasteiger partial charge in [0, 0.05) is 57.6 Å². The van der Waals surface area contributed by atoms with Gasteiger partial charge in [-0.1, -0.05) is 12.1 Å². The number of aryl methyl sites for hydroxylation is 1. The highest BCUT2D eigenvalue weighted by Crippen LogP contribution is 2.12. The second-order valence-electron chi connectivity index (χ2n) is 6.06. The van der Waals surface area contributed by atoms with E-state index < -0.39 is 0 Å². The minimum absolute atomic E-state index is 0.113. The Hall–Kier alpha value is -2.47. The molecule has 1 aromatic carbocycles. The predicted molar refractivity (Wildman–Crippen MR) is 89.3 cm³/mol. The van der Waals surface area contributed by atoms with E-state index in [4.69, 9.17) is 0 Å². The van der Waals surface area contributed by atoms with E-state index in [9.17, 15) is 14.0 Å². The number of nitrogens with zero attached hydrogens (tertiary/aromatic N) is 3. The highest BCUT2D eigenvalue weighted by molar-refractivity contribution is 5.94. The molecule has 0 unspecified atom stereocenters. The Morgan fingerprint density at radius 3 is 2.54 bits per heavy atom. The van der Waals surface area contributed by atoms with Gasteiger partial charge in [0.2, 0.25) is 0 Å². The Kier molecular flexibility index (Phi) is 4.76. The quantitative estimate of drug-likeness (QED) is 0.857. The van der Waals surface area contributed by atoms with Crippen molar-refractivity contribution in [1.29, 1.82) is 0 Å². The Bertz CT molecular complexity index is 795. The molecule has 1 aromatic heterocycles. The fourth-order valence-corrected chi connectivity index (χ4v) is 2.87. The minimum atomic E-state index is -0.230. The first kappa shape index (κ1) is 16.4. The topological polar surface area (TPSA) is 45.6 Å². The van der Waals surface area contributed by atoms with Crippen LogP contribution in [0.4, 0.5) is 4.39 Å². The molecule has 126 valence electrons. The highest BCUT2D eigenvalue weighted by atomic mass is 19.1. The van der Waals surface area contributed by atoms with Crippen LogP contribution < -0.4 is 5.56 Å². The van der Waals surface area contributed by atoms with Gasteiger partial charge in [-0.25, -0.2) is 4.39 Å². The molecular formula is C18H20FN3O2. The first-order valence-electron chi connectivity index (χ1n) is 7.96. The molecule has 2 aromatic rings. The monoisotopic (exact) mass is 329 g/mol. The van der Waals surface area contributed by atoms with Gasteiger partial charge in [0.25, 0.3) is 11.5 Å². The van der Waals surface area contributed by atoms with E-state index >= 15 is 0 Å². The van der Waals surface area contributed by atoms with Crippen LogP contribution in [0.15, 0.2) is 47.4 Å². The maximum atomic E-state index is 13.2. The van der Waals surface area contributed by atoms with E-state index in [0.29, 0.717) is 25.2 Å². The molecule has 0 spiro atoms. The standard InChI is InChI=1S/C18H20FN3O2/c1-20-6-5-15(12-17(20)23)18(24)22-9-7-21(8-10-22)13-14-3-2-4-16(19)11-14/h2-6,11-12H,7-10,13H2,1H3. The summed E-state index contributed by atoms with van der Waals surface area (Å²) in [5.41, 5.74) is 1.17. The van der Waals surface area contributed by atoms with E-state index in [1.54, 1.807) is 30.3 Å². The SMILES string of the molecule is Cn1ccc(C(=O)N2CCN(Cc3cccc(F)c3)CC2)cc1=O. The summed E-state index contributed by atoms with van der Waals surface area (Å²) in [6.45, 7) is 3.33. The second kappa shape index (κ2) is 6.97. The summed E-state index contributed by atoms with van der Waals surface area (Å²) in [7, 11) is 1.65. The lowest BCUT2D eigenvalue weighted by molar-refractivity contribution is 0.0628. The summed E-state index contributed by atoms with van der Waals surface area (Å²) < 4.78 is 14.7. The number of aromatic nitrogens is 1. The third-order valence-electron chi connectivity index (χ3n) is 4.31. The van der Waals surface area contributed by atoms with E-state index in [1.807, 2.05) is 6.07 Å². The van der Waals surface area contributed by atoms with Gasteiger partial charge in [-0.15, -0.1) is 0 Å². The van der Waals surface area contributed by atoms with Gasteiger partial charge in [-0.05, 0) is 23.8 Å². The molecule has 0 N–H and O–H groups in total. The van der Waals surface area contributed by atoms with E-state index in [-0.39, 0.29) is 17.3 Å². The third-order valence-corrected chi connectivity index (χ3v) is 4.31. The van der Waals surface area contributed by atoms with Crippen molar-refractivity contribution in [2.24, 2.45) is 7.05 Å². The van der Waals surface area contributed by atoms with Gasteiger partial charge in [-0.3, -0.25) is 14.5 Å². The van der Waals surface area contributed by atoms with Crippen molar-refractivity contribution in [3.05, 3.63) is 69.9 Å². The molecule has 1 fully saturated rings. The van der Waals surface area contributed by atoms with Crippen molar-refractivity contribution in [2.75, 3.05) is 26.2 Å².